The maximum absolute atomic E-state index is 12.0. The van der Waals surface area contributed by atoms with Crippen molar-refractivity contribution in [2.24, 2.45) is 0 Å². The lowest BCUT2D eigenvalue weighted by Gasteiger charge is -2.23. The average Bonchev–Trinajstić information content (AvgIpc) is 3.07. The molecule has 1 unspecified atom stereocenters. The highest BCUT2D eigenvalue weighted by atomic mass is 16.5. The molecule has 3 heteroatoms. The molecule has 0 saturated carbocycles. The first-order valence-corrected chi connectivity index (χ1v) is 8.57. The van der Waals surface area contributed by atoms with Crippen molar-refractivity contribution in [1.29, 1.82) is 0 Å². The molecule has 1 saturated heterocycles. The summed E-state index contributed by atoms with van der Waals surface area (Å²) in [5.41, 5.74) is 3.53. The number of carbonyl (C=O) groups excluding carboxylic acids is 1. The third-order valence-corrected chi connectivity index (χ3v) is 4.53. The van der Waals surface area contributed by atoms with Crippen molar-refractivity contribution in [3.05, 3.63) is 47.1 Å². The van der Waals surface area contributed by atoms with Crippen LogP contribution in [-0.4, -0.2) is 30.0 Å². The van der Waals surface area contributed by atoms with E-state index in [1.165, 1.54) is 5.56 Å². The largest absolute Gasteiger partial charge is 0.490 e. The van der Waals surface area contributed by atoms with Crippen molar-refractivity contribution in [2.45, 2.75) is 45.6 Å². The molecule has 2 heterocycles. The van der Waals surface area contributed by atoms with Crippen molar-refractivity contribution in [3.63, 3.8) is 0 Å². The highest BCUT2D eigenvalue weighted by molar-refractivity contribution is 5.88. The van der Waals surface area contributed by atoms with Crippen molar-refractivity contribution >= 4 is 12.0 Å². The van der Waals surface area contributed by atoms with Crippen LogP contribution in [0, 0.1) is 0 Å². The van der Waals surface area contributed by atoms with E-state index >= 15 is 0 Å². The molecule has 1 fully saturated rings. The first kappa shape index (κ1) is 15.9. The number of ether oxygens (including phenoxy) is 1. The van der Waals surface area contributed by atoms with Gasteiger partial charge in [0.05, 0.1) is 6.10 Å². The summed E-state index contributed by atoms with van der Waals surface area (Å²) in [6.45, 7) is 5.94. The summed E-state index contributed by atoms with van der Waals surface area (Å²) in [4.78, 5) is 13.9. The van der Waals surface area contributed by atoms with Crippen molar-refractivity contribution < 1.29 is 9.53 Å². The fraction of sp³-hybridized carbons (Fsp3) is 0.450. The first-order chi connectivity index (χ1) is 11.1. The number of hydrogen-bond donors (Lipinski definition) is 0. The Bertz CT molecular complexity index is 639. The number of benzene rings is 1. The summed E-state index contributed by atoms with van der Waals surface area (Å²) < 4.78 is 5.84. The Kier molecular flexibility index (Phi) is 4.85. The van der Waals surface area contributed by atoms with Gasteiger partial charge in [-0.1, -0.05) is 23.8 Å². The fourth-order valence-corrected chi connectivity index (χ4v) is 3.19. The van der Waals surface area contributed by atoms with Crippen LogP contribution in [-0.2, 0) is 11.2 Å². The second-order valence-corrected chi connectivity index (χ2v) is 6.59. The predicted molar refractivity (Wildman–Crippen MR) is 93.5 cm³/mol. The van der Waals surface area contributed by atoms with Gasteiger partial charge in [-0.25, -0.2) is 0 Å². The van der Waals surface area contributed by atoms with Crippen LogP contribution in [0.1, 0.15) is 44.2 Å². The topological polar surface area (TPSA) is 29.5 Å². The number of aryl methyl sites for hydroxylation is 1. The second-order valence-electron chi connectivity index (χ2n) is 6.59. The predicted octanol–water partition coefficient (Wildman–Crippen LogP) is 3.98. The van der Waals surface area contributed by atoms with Crippen LogP contribution >= 0.6 is 0 Å². The van der Waals surface area contributed by atoms with Crippen LogP contribution in [0.25, 0.3) is 6.08 Å². The lowest BCUT2D eigenvalue weighted by atomic mass is 9.99. The molecule has 0 radical (unpaired) electrons. The Morgan fingerprint density at radius 3 is 2.83 bits per heavy atom. The molecule has 122 valence electrons. The zero-order chi connectivity index (χ0) is 16.2. The van der Waals surface area contributed by atoms with E-state index in [1.54, 1.807) is 6.08 Å². The molecular formula is C20H25NO2. The molecule has 2 aliphatic rings. The van der Waals surface area contributed by atoms with E-state index in [0.29, 0.717) is 6.10 Å². The molecule has 0 N–H and O–H groups in total. The van der Waals surface area contributed by atoms with Gasteiger partial charge in [0.25, 0.3) is 0 Å². The van der Waals surface area contributed by atoms with Gasteiger partial charge in [0, 0.05) is 19.2 Å². The molecule has 0 bridgehead atoms. The molecule has 0 spiro atoms. The van der Waals surface area contributed by atoms with Crippen molar-refractivity contribution in [1.82, 2.24) is 4.90 Å². The van der Waals surface area contributed by atoms with E-state index in [2.05, 4.69) is 31.2 Å². The Morgan fingerprint density at radius 1 is 1.26 bits per heavy atom. The summed E-state index contributed by atoms with van der Waals surface area (Å²) in [6, 6.07) is 6.33. The molecule has 23 heavy (non-hydrogen) atoms. The van der Waals surface area contributed by atoms with Crippen molar-refractivity contribution in [2.75, 3.05) is 13.1 Å². The highest BCUT2D eigenvalue weighted by Gasteiger charge is 2.16. The van der Waals surface area contributed by atoms with Gasteiger partial charge in [-0.3, -0.25) is 4.79 Å². The van der Waals surface area contributed by atoms with Crippen molar-refractivity contribution in [3.8, 4) is 5.75 Å². The molecule has 2 aliphatic heterocycles. The third kappa shape index (κ3) is 4.04. The summed E-state index contributed by atoms with van der Waals surface area (Å²) in [5, 5.41) is 0. The van der Waals surface area contributed by atoms with Crippen LogP contribution in [0.2, 0.25) is 0 Å². The van der Waals surface area contributed by atoms with Crippen LogP contribution in [0.4, 0.5) is 0 Å². The Hall–Kier alpha value is -2.03. The van der Waals surface area contributed by atoms with E-state index in [1.807, 2.05) is 17.9 Å². The normalized spacial score (nSPS) is 21.4. The molecule has 0 aliphatic carbocycles. The summed E-state index contributed by atoms with van der Waals surface area (Å²) in [7, 11) is 0. The molecule has 1 aromatic rings. The average molecular weight is 311 g/mol. The van der Waals surface area contributed by atoms with Gasteiger partial charge in [0.1, 0.15) is 5.75 Å². The monoisotopic (exact) mass is 311 g/mol. The van der Waals surface area contributed by atoms with Gasteiger partial charge in [-0.05, 0) is 62.8 Å². The standard InChI is InChI=1S/C20H25NO2/c1-15(5-10-20(22)21-11-3-4-12-21)13-17-7-9-19-18(14-17)8-6-16(2)23-19/h5,7,9-10,13-14,16H,3-4,6,8,11-12H2,1-2H3/b10-5+,15-13+. The summed E-state index contributed by atoms with van der Waals surface area (Å²) in [6.07, 6.45) is 10.4. The molecule has 1 aromatic carbocycles. The van der Waals surface area contributed by atoms with Crippen LogP contribution in [0.3, 0.4) is 0 Å². The van der Waals surface area contributed by atoms with Gasteiger partial charge in [-0.15, -0.1) is 0 Å². The highest BCUT2D eigenvalue weighted by Crippen LogP contribution is 2.29. The number of likely N-dealkylation sites (tertiary alicyclic amines) is 1. The van der Waals surface area contributed by atoms with Crippen LogP contribution in [0.5, 0.6) is 5.75 Å². The zero-order valence-electron chi connectivity index (χ0n) is 14.0. The summed E-state index contributed by atoms with van der Waals surface area (Å²) in [5.74, 6) is 1.14. The minimum Gasteiger partial charge on any atom is -0.490 e. The maximum atomic E-state index is 12.0. The number of nitrogens with zero attached hydrogens (tertiary/aromatic N) is 1. The quantitative estimate of drug-likeness (QED) is 0.624. The van der Waals surface area contributed by atoms with E-state index in [4.69, 9.17) is 4.74 Å². The molecule has 1 atom stereocenters. The molecular weight excluding hydrogens is 286 g/mol. The Balaban J connectivity index is 1.67. The van der Waals surface area contributed by atoms with Gasteiger partial charge in [0.15, 0.2) is 0 Å². The number of hydrogen-bond acceptors (Lipinski definition) is 2. The van der Waals surface area contributed by atoms with Gasteiger partial charge < -0.3 is 9.64 Å². The van der Waals surface area contributed by atoms with Gasteiger partial charge >= 0.3 is 0 Å². The van der Waals surface area contributed by atoms with E-state index < -0.39 is 0 Å². The third-order valence-electron chi connectivity index (χ3n) is 4.53. The minimum absolute atomic E-state index is 0.128. The smallest absolute Gasteiger partial charge is 0.246 e. The molecule has 0 aromatic heterocycles. The first-order valence-electron chi connectivity index (χ1n) is 8.57. The maximum Gasteiger partial charge on any atom is 0.246 e. The van der Waals surface area contributed by atoms with E-state index in [0.717, 1.165) is 55.7 Å². The van der Waals surface area contributed by atoms with Gasteiger partial charge in [-0.2, -0.15) is 0 Å². The lowest BCUT2D eigenvalue weighted by Crippen LogP contribution is -2.25. The van der Waals surface area contributed by atoms with Crippen LogP contribution in [0.15, 0.2) is 35.9 Å². The zero-order valence-corrected chi connectivity index (χ0v) is 14.0. The Labute approximate surface area is 138 Å². The SMILES string of the molecule is CC(/C=C/C(=O)N1CCCC1)=C\c1ccc2c(c1)CCC(C)O2. The molecule has 1 amide bonds. The number of carbonyl (C=O) groups is 1. The van der Waals surface area contributed by atoms with Crippen LogP contribution < -0.4 is 4.74 Å². The number of allylic oxidation sites excluding steroid dienone is 2. The number of fused-ring (bicyclic) bond motifs is 1. The van der Waals surface area contributed by atoms with E-state index in [-0.39, 0.29) is 5.91 Å². The second kappa shape index (κ2) is 7.03. The fourth-order valence-electron chi connectivity index (χ4n) is 3.19. The number of amides is 1. The molecule has 3 rings (SSSR count). The molecule has 3 nitrogen and oxygen atoms in total. The van der Waals surface area contributed by atoms with Gasteiger partial charge in [0.2, 0.25) is 5.91 Å². The summed E-state index contributed by atoms with van der Waals surface area (Å²) >= 11 is 0. The minimum atomic E-state index is 0.128. The lowest BCUT2D eigenvalue weighted by molar-refractivity contribution is -0.124. The van der Waals surface area contributed by atoms with E-state index in [9.17, 15) is 4.79 Å². The number of rotatable bonds is 3. The Morgan fingerprint density at radius 2 is 2.04 bits per heavy atom.